The number of aliphatic imine (C=N–C) groups is 1. The molecule has 8 heteroatoms. The largest absolute Gasteiger partial charge is 0.318 e. The summed E-state index contributed by atoms with van der Waals surface area (Å²) >= 11 is 3.02. The number of rotatable bonds is 5. The van der Waals surface area contributed by atoms with Crippen molar-refractivity contribution in [2.24, 2.45) is 10.1 Å². The predicted octanol–water partition coefficient (Wildman–Crippen LogP) is 6.14. The Hall–Kier alpha value is -3.23. The summed E-state index contributed by atoms with van der Waals surface area (Å²) in [6.45, 7) is 8.45. The van der Waals surface area contributed by atoms with Gasteiger partial charge in [-0.05, 0) is 78.4 Å². The Labute approximate surface area is 207 Å². The average molecular weight is 488 g/mol. The van der Waals surface area contributed by atoms with Crippen LogP contribution < -0.4 is 0 Å². The number of nitrogens with zero attached hydrogens (tertiary/aromatic N) is 4. The number of benzene rings is 1. The molecule has 0 bridgehead atoms. The standard InChI is InChI=1S/C26H25N5OS2/c1-15(2)18-7-9-20(10-8-18)30-16(3)12-19(17(30)4)13-22-24(27)31-26(28-25(22)32)34-23(29-31)14-21-6-5-11-33-21/h5-13,15,27H,14H2,1-4H3. The maximum atomic E-state index is 12.9. The fourth-order valence-electron chi connectivity index (χ4n) is 4.16. The number of fused-ring (bicyclic) bond motifs is 1. The van der Waals surface area contributed by atoms with E-state index in [0.29, 0.717) is 17.5 Å². The highest BCUT2D eigenvalue weighted by Crippen LogP contribution is 2.31. The van der Waals surface area contributed by atoms with Gasteiger partial charge in [0, 0.05) is 28.4 Å². The first-order chi connectivity index (χ1) is 16.3. The summed E-state index contributed by atoms with van der Waals surface area (Å²) in [5.41, 5.74) is 5.59. The molecular weight excluding hydrogens is 462 g/mol. The van der Waals surface area contributed by atoms with Gasteiger partial charge in [0.05, 0.1) is 5.57 Å². The Kier molecular flexibility index (Phi) is 5.87. The van der Waals surface area contributed by atoms with E-state index in [2.05, 4.69) is 58.8 Å². The van der Waals surface area contributed by atoms with Crippen LogP contribution in [-0.4, -0.2) is 31.5 Å². The highest BCUT2D eigenvalue weighted by molar-refractivity contribution is 8.27. The van der Waals surface area contributed by atoms with Crippen molar-refractivity contribution in [3.05, 3.63) is 80.8 Å². The lowest BCUT2D eigenvalue weighted by molar-refractivity contribution is -0.114. The zero-order valence-electron chi connectivity index (χ0n) is 19.5. The van der Waals surface area contributed by atoms with Crippen molar-refractivity contribution >= 4 is 51.1 Å². The Morgan fingerprint density at radius 1 is 1.15 bits per heavy atom. The molecule has 34 heavy (non-hydrogen) atoms. The minimum Gasteiger partial charge on any atom is -0.318 e. The number of nitrogens with one attached hydrogen (secondary N) is 1. The number of hydrazone groups is 1. The monoisotopic (exact) mass is 487 g/mol. The molecule has 1 amide bonds. The Balaban J connectivity index is 1.45. The molecule has 0 unspecified atom stereocenters. The molecule has 2 aromatic heterocycles. The Morgan fingerprint density at radius 2 is 1.91 bits per heavy atom. The number of thiophene rings is 1. The molecule has 6 nitrogen and oxygen atoms in total. The number of hydrogen-bond acceptors (Lipinski definition) is 5. The van der Waals surface area contributed by atoms with Gasteiger partial charge in [0.15, 0.2) is 5.84 Å². The second-order valence-electron chi connectivity index (χ2n) is 8.68. The molecular formula is C26H25N5OS2. The summed E-state index contributed by atoms with van der Waals surface area (Å²) in [6.07, 6.45) is 2.44. The third kappa shape index (κ3) is 4.08. The van der Waals surface area contributed by atoms with Crippen LogP contribution in [0.25, 0.3) is 11.8 Å². The van der Waals surface area contributed by atoms with Crippen LogP contribution in [0.3, 0.4) is 0 Å². The lowest BCUT2D eigenvalue weighted by Gasteiger charge is -2.20. The van der Waals surface area contributed by atoms with Gasteiger partial charge in [-0.3, -0.25) is 10.2 Å². The maximum Gasteiger partial charge on any atom is 0.283 e. The van der Waals surface area contributed by atoms with Gasteiger partial charge in [-0.25, -0.2) is 0 Å². The first-order valence-electron chi connectivity index (χ1n) is 11.1. The molecule has 0 radical (unpaired) electrons. The second-order valence-corrected chi connectivity index (χ2v) is 10.8. The van der Waals surface area contributed by atoms with E-state index in [1.807, 2.05) is 31.4 Å². The van der Waals surface area contributed by atoms with Crippen molar-refractivity contribution in [1.29, 1.82) is 5.41 Å². The van der Waals surface area contributed by atoms with Gasteiger partial charge in [-0.1, -0.05) is 32.0 Å². The number of aryl methyl sites for hydroxylation is 1. The molecule has 2 aliphatic heterocycles. The summed E-state index contributed by atoms with van der Waals surface area (Å²) < 4.78 is 2.17. The SMILES string of the molecule is Cc1cc(C=C2C(=N)N3N=C(Cc4cccs4)SC3=NC2=O)c(C)n1-c1ccc(C(C)C)cc1. The first kappa shape index (κ1) is 22.6. The van der Waals surface area contributed by atoms with Crippen LogP contribution in [0, 0.1) is 19.3 Å². The van der Waals surface area contributed by atoms with E-state index >= 15 is 0 Å². The fourth-order valence-corrected chi connectivity index (χ4v) is 5.87. The minimum atomic E-state index is -0.401. The first-order valence-corrected chi connectivity index (χ1v) is 12.8. The molecule has 1 N–H and O–H groups in total. The lowest BCUT2D eigenvalue weighted by Crippen LogP contribution is -2.35. The van der Waals surface area contributed by atoms with Crippen LogP contribution in [0.5, 0.6) is 0 Å². The zero-order valence-corrected chi connectivity index (χ0v) is 21.1. The van der Waals surface area contributed by atoms with Crippen LogP contribution >= 0.6 is 23.1 Å². The molecule has 0 aliphatic carbocycles. The smallest absolute Gasteiger partial charge is 0.283 e. The van der Waals surface area contributed by atoms with Gasteiger partial charge in [0.2, 0.25) is 5.17 Å². The van der Waals surface area contributed by atoms with Crippen LogP contribution in [0.15, 0.2) is 63.5 Å². The van der Waals surface area contributed by atoms with Gasteiger partial charge in [-0.2, -0.15) is 15.1 Å². The molecule has 2 aliphatic rings. The van der Waals surface area contributed by atoms with Gasteiger partial charge < -0.3 is 4.57 Å². The van der Waals surface area contributed by atoms with Gasteiger partial charge in [0.1, 0.15) is 5.04 Å². The summed E-state index contributed by atoms with van der Waals surface area (Å²) in [7, 11) is 0. The summed E-state index contributed by atoms with van der Waals surface area (Å²) in [6, 6.07) is 14.7. The molecule has 5 rings (SSSR count). The van der Waals surface area contributed by atoms with Crippen LogP contribution in [-0.2, 0) is 11.2 Å². The van der Waals surface area contributed by atoms with Crippen molar-refractivity contribution in [2.45, 2.75) is 40.0 Å². The third-order valence-corrected chi connectivity index (χ3v) is 7.77. The van der Waals surface area contributed by atoms with Crippen molar-refractivity contribution in [1.82, 2.24) is 9.58 Å². The normalized spacial score (nSPS) is 17.0. The highest BCUT2D eigenvalue weighted by Gasteiger charge is 2.35. The topological polar surface area (TPSA) is 73.8 Å². The maximum absolute atomic E-state index is 12.9. The van der Waals surface area contributed by atoms with Gasteiger partial charge in [-0.15, -0.1) is 11.3 Å². The van der Waals surface area contributed by atoms with E-state index in [9.17, 15) is 4.79 Å². The van der Waals surface area contributed by atoms with E-state index in [1.54, 1.807) is 17.4 Å². The molecule has 0 fully saturated rings. The van der Waals surface area contributed by atoms with Crippen molar-refractivity contribution < 1.29 is 4.79 Å². The fraction of sp³-hybridized carbons (Fsp3) is 0.231. The number of hydrogen-bond donors (Lipinski definition) is 1. The number of amidine groups is 2. The van der Waals surface area contributed by atoms with E-state index in [1.165, 1.54) is 27.2 Å². The molecule has 0 saturated heterocycles. The number of aromatic nitrogens is 1. The summed E-state index contributed by atoms with van der Waals surface area (Å²) in [5.74, 6) is 0.143. The molecule has 0 atom stereocenters. The van der Waals surface area contributed by atoms with E-state index < -0.39 is 5.91 Å². The number of carbonyl (C=O) groups excluding carboxylic acids is 1. The molecule has 4 heterocycles. The van der Waals surface area contributed by atoms with E-state index in [0.717, 1.165) is 27.7 Å². The van der Waals surface area contributed by atoms with Crippen LogP contribution in [0.4, 0.5) is 0 Å². The zero-order chi connectivity index (χ0) is 24.0. The average Bonchev–Trinajstić information content (AvgIpc) is 3.52. The molecule has 0 saturated carbocycles. The van der Waals surface area contributed by atoms with Gasteiger partial charge >= 0.3 is 0 Å². The van der Waals surface area contributed by atoms with Crippen molar-refractivity contribution in [2.75, 3.05) is 0 Å². The van der Waals surface area contributed by atoms with E-state index in [-0.39, 0.29) is 11.4 Å². The van der Waals surface area contributed by atoms with Gasteiger partial charge in [0.25, 0.3) is 5.91 Å². The number of carbonyl (C=O) groups is 1. The van der Waals surface area contributed by atoms with Crippen molar-refractivity contribution in [3.63, 3.8) is 0 Å². The van der Waals surface area contributed by atoms with E-state index in [4.69, 9.17) is 5.41 Å². The second kappa shape index (κ2) is 8.85. The summed E-state index contributed by atoms with van der Waals surface area (Å²) in [5, 5.41) is 18.1. The lowest BCUT2D eigenvalue weighted by atomic mass is 10.0. The predicted molar refractivity (Wildman–Crippen MR) is 142 cm³/mol. The molecule has 0 spiro atoms. The molecule has 3 aromatic rings. The quantitative estimate of drug-likeness (QED) is 0.439. The highest BCUT2D eigenvalue weighted by atomic mass is 32.2. The molecule has 172 valence electrons. The third-order valence-electron chi connectivity index (χ3n) is 5.99. The summed E-state index contributed by atoms with van der Waals surface area (Å²) in [4.78, 5) is 18.3. The number of thioether (sulfide) groups is 1. The minimum absolute atomic E-state index is 0.0646. The van der Waals surface area contributed by atoms with Crippen LogP contribution in [0.2, 0.25) is 0 Å². The Bertz CT molecular complexity index is 1380. The van der Waals surface area contributed by atoms with Crippen molar-refractivity contribution in [3.8, 4) is 5.69 Å². The Morgan fingerprint density at radius 3 is 2.59 bits per heavy atom. The number of amides is 1. The van der Waals surface area contributed by atoms with Crippen LogP contribution in [0.1, 0.15) is 47.2 Å². The molecule has 1 aromatic carbocycles.